The van der Waals surface area contributed by atoms with E-state index in [4.69, 9.17) is 26.1 Å². The molecule has 1 saturated heterocycles. The van der Waals surface area contributed by atoms with E-state index in [0.29, 0.717) is 35.0 Å². The van der Waals surface area contributed by atoms with Gasteiger partial charge in [0.25, 0.3) is 0 Å². The minimum Gasteiger partial charge on any atom is -0.445 e. The van der Waals surface area contributed by atoms with Gasteiger partial charge in [-0.1, -0.05) is 60.1 Å². The molecule has 10 heteroatoms. The molecule has 2 aromatic carbocycles. The van der Waals surface area contributed by atoms with Gasteiger partial charge in [0, 0.05) is 37.7 Å². The molecule has 0 atom stereocenters. The number of benzene rings is 2. The van der Waals surface area contributed by atoms with Crippen LogP contribution < -0.4 is 10.2 Å². The molecule has 9 nitrogen and oxygen atoms in total. The van der Waals surface area contributed by atoms with Crippen LogP contribution in [0.5, 0.6) is 0 Å². The molecule has 1 amide bonds. The van der Waals surface area contributed by atoms with E-state index in [1.165, 1.54) is 0 Å². The monoisotopic (exact) mass is 520 g/mol. The number of nitrogens with one attached hydrogen (secondary N) is 2. The topological polar surface area (TPSA) is 105 Å². The molecule has 3 heterocycles. The average Bonchev–Trinajstić information content (AvgIpc) is 3.35. The fourth-order valence-electron chi connectivity index (χ4n) is 4.71. The van der Waals surface area contributed by atoms with Crippen molar-refractivity contribution in [3.63, 3.8) is 0 Å². The standard InChI is InChI=1S/C27H29ClN6O3/c1-36-18-27(17-30-26(35)37-16-19-7-3-2-4-8-19)11-13-34(14-12-27)22-15-29-24-23(32-33-25(24)31-22)20-9-5-6-10-21(20)28/h2-10,15H,11-14,16-18H2,1H3,(H,30,35)(H,31,32,33). The molecule has 4 aromatic rings. The van der Waals surface area contributed by atoms with Gasteiger partial charge in [-0.25, -0.2) is 14.8 Å². The minimum absolute atomic E-state index is 0.181. The van der Waals surface area contributed by atoms with Gasteiger partial charge in [-0.05, 0) is 24.5 Å². The number of rotatable bonds is 8. The van der Waals surface area contributed by atoms with E-state index < -0.39 is 6.09 Å². The molecular formula is C27H29ClN6O3. The molecular weight excluding hydrogens is 492 g/mol. The SMILES string of the molecule is COCC1(CNC(=O)OCc2ccccc2)CCN(c2cnc3c(-c4ccccc4Cl)n[nH]c3n2)CC1. The molecule has 0 radical (unpaired) electrons. The van der Waals surface area contributed by atoms with Gasteiger partial charge in [0.05, 0.1) is 17.8 Å². The lowest BCUT2D eigenvalue weighted by Crippen LogP contribution is -2.48. The summed E-state index contributed by atoms with van der Waals surface area (Å²) in [6, 6.07) is 17.2. The highest BCUT2D eigenvalue weighted by atomic mass is 35.5. The van der Waals surface area contributed by atoms with E-state index >= 15 is 0 Å². The maximum absolute atomic E-state index is 12.3. The average molecular weight is 521 g/mol. The third-order valence-corrected chi connectivity index (χ3v) is 7.14. The molecule has 192 valence electrons. The van der Waals surface area contributed by atoms with Crippen LogP contribution in [0.25, 0.3) is 22.4 Å². The van der Waals surface area contributed by atoms with Crippen LogP contribution in [-0.2, 0) is 16.1 Å². The molecule has 37 heavy (non-hydrogen) atoms. The zero-order chi connectivity index (χ0) is 25.7. The number of carbonyl (C=O) groups excluding carboxylic acids is 1. The van der Waals surface area contributed by atoms with Gasteiger partial charge in [-0.15, -0.1) is 0 Å². The van der Waals surface area contributed by atoms with Crippen LogP contribution in [0.3, 0.4) is 0 Å². The van der Waals surface area contributed by atoms with E-state index in [1.807, 2.05) is 54.6 Å². The Morgan fingerprint density at radius 1 is 1.14 bits per heavy atom. The highest BCUT2D eigenvalue weighted by molar-refractivity contribution is 6.33. The number of piperidine rings is 1. The first-order chi connectivity index (χ1) is 18.1. The predicted molar refractivity (Wildman–Crippen MR) is 143 cm³/mol. The number of methoxy groups -OCH3 is 1. The first kappa shape index (κ1) is 25.0. The van der Waals surface area contributed by atoms with Crippen molar-refractivity contribution >= 4 is 34.7 Å². The van der Waals surface area contributed by atoms with Crippen LogP contribution >= 0.6 is 11.6 Å². The lowest BCUT2D eigenvalue weighted by atomic mass is 9.79. The molecule has 0 bridgehead atoms. The molecule has 0 spiro atoms. The number of hydrogen-bond donors (Lipinski definition) is 2. The summed E-state index contributed by atoms with van der Waals surface area (Å²) in [5, 5.41) is 11.0. The lowest BCUT2D eigenvalue weighted by Gasteiger charge is -2.41. The smallest absolute Gasteiger partial charge is 0.407 e. The van der Waals surface area contributed by atoms with Crippen molar-refractivity contribution in [2.45, 2.75) is 19.4 Å². The van der Waals surface area contributed by atoms with Crippen LogP contribution in [0.1, 0.15) is 18.4 Å². The summed E-state index contributed by atoms with van der Waals surface area (Å²) in [5.41, 5.74) is 3.56. The molecule has 2 N–H and O–H groups in total. The van der Waals surface area contributed by atoms with Crippen LogP contribution in [0.4, 0.5) is 10.6 Å². The summed E-state index contributed by atoms with van der Waals surface area (Å²) in [6.07, 6.45) is 3.01. The zero-order valence-electron chi connectivity index (χ0n) is 20.6. The van der Waals surface area contributed by atoms with Gasteiger partial charge in [-0.3, -0.25) is 5.10 Å². The summed E-state index contributed by atoms with van der Waals surface area (Å²) in [6.45, 7) is 2.79. The molecule has 0 unspecified atom stereocenters. The molecule has 2 aromatic heterocycles. The predicted octanol–water partition coefficient (Wildman–Crippen LogP) is 4.83. The molecule has 5 rings (SSSR count). The van der Waals surface area contributed by atoms with Crippen LogP contribution in [0.2, 0.25) is 5.02 Å². The molecule has 0 saturated carbocycles. The Morgan fingerprint density at radius 2 is 1.89 bits per heavy atom. The first-order valence-electron chi connectivity index (χ1n) is 12.2. The number of halogens is 1. The van der Waals surface area contributed by atoms with Gasteiger partial charge in [0.1, 0.15) is 23.6 Å². The van der Waals surface area contributed by atoms with Crippen molar-refractivity contribution in [2.24, 2.45) is 5.41 Å². The number of nitrogens with zero attached hydrogens (tertiary/aromatic N) is 4. The van der Waals surface area contributed by atoms with Crippen LogP contribution in [-0.4, -0.2) is 59.6 Å². The fourth-order valence-corrected chi connectivity index (χ4v) is 4.93. The number of anilines is 1. The van der Waals surface area contributed by atoms with E-state index in [1.54, 1.807) is 13.3 Å². The minimum atomic E-state index is -0.424. The van der Waals surface area contributed by atoms with Gasteiger partial charge < -0.3 is 19.7 Å². The number of hydrogen-bond acceptors (Lipinski definition) is 7. The normalized spacial score (nSPS) is 15.0. The molecule has 1 aliphatic heterocycles. The number of fused-ring (bicyclic) bond motifs is 1. The lowest BCUT2D eigenvalue weighted by molar-refractivity contribution is 0.0557. The van der Waals surface area contributed by atoms with Gasteiger partial charge in [0.2, 0.25) is 0 Å². The molecule has 1 fully saturated rings. The van der Waals surface area contributed by atoms with Crippen molar-refractivity contribution in [3.8, 4) is 11.3 Å². The Kier molecular flexibility index (Phi) is 7.52. The number of carbonyl (C=O) groups is 1. The molecule has 1 aliphatic rings. The first-order valence-corrected chi connectivity index (χ1v) is 12.6. The number of alkyl carbamates (subject to hydrolysis) is 1. The Balaban J connectivity index is 1.21. The zero-order valence-corrected chi connectivity index (χ0v) is 21.4. The second-order valence-electron chi connectivity index (χ2n) is 9.31. The third kappa shape index (κ3) is 5.68. The largest absolute Gasteiger partial charge is 0.445 e. The quantitative estimate of drug-likeness (QED) is 0.342. The van der Waals surface area contributed by atoms with Crippen molar-refractivity contribution in [2.75, 3.05) is 38.3 Å². The Labute approximate surface area is 220 Å². The second-order valence-corrected chi connectivity index (χ2v) is 9.72. The summed E-state index contributed by atoms with van der Waals surface area (Å²) >= 11 is 6.36. The van der Waals surface area contributed by atoms with Crippen LogP contribution in [0, 0.1) is 5.41 Å². The fraction of sp³-hybridized carbons (Fsp3) is 0.333. The maximum Gasteiger partial charge on any atom is 0.407 e. The highest BCUT2D eigenvalue weighted by Crippen LogP contribution is 2.34. The van der Waals surface area contributed by atoms with E-state index in [0.717, 1.165) is 42.9 Å². The summed E-state index contributed by atoms with van der Waals surface area (Å²) in [5.74, 6) is 0.781. The van der Waals surface area contributed by atoms with Gasteiger partial charge in [-0.2, -0.15) is 5.10 Å². The highest BCUT2D eigenvalue weighted by Gasteiger charge is 2.36. The number of ether oxygens (including phenoxy) is 2. The second kappa shape index (κ2) is 11.1. The summed E-state index contributed by atoms with van der Waals surface area (Å²) in [7, 11) is 1.69. The Bertz CT molecular complexity index is 1350. The van der Waals surface area contributed by atoms with Crippen molar-refractivity contribution < 1.29 is 14.3 Å². The Hall–Kier alpha value is -3.69. The van der Waals surface area contributed by atoms with Crippen molar-refractivity contribution in [3.05, 3.63) is 71.4 Å². The van der Waals surface area contributed by atoms with Crippen LogP contribution in [0.15, 0.2) is 60.8 Å². The third-order valence-electron chi connectivity index (χ3n) is 6.81. The number of amides is 1. The number of aromatic amines is 1. The van der Waals surface area contributed by atoms with Gasteiger partial charge in [0.15, 0.2) is 5.65 Å². The Morgan fingerprint density at radius 3 is 2.65 bits per heavy atom. The summed E-state index contributed by atoms with van der Waals surface area (Å²) < 4.78 is 10.9. The van der Waals surface area contributed by atoms with Crippen molar-refractivity contribution in [1.29, 1.82) is 0 Å². The summed E-state index contributed by atoms with van der Waals surface area (Å²) in [4.78, 5) is 24.0. The van der Waals surface area contributed by atoms with Gasteiger partial charge >= 0.3 is 6.09 Å². The maximum atomic E-state index is 12.3. The van der Waals surface area contributed by atoms with E-state index in [-0.39, 0.29) is 12.0 Å². The van der Waals surface area contributed by atoms with E-state index in [9.17, 15) is 4.79 Å². The van der Waals surface area contributed by atoms with E-state index in [2.05, 4.69) is 25.4 Å². The molecule has 0 aliphatic carbocycles. The number of H-pyrrole nitrogens is 1. The number of aromatic nitrogens is 4. The van der Waals surface area contributed by atoms with Crippen molar-refractivity contribution in [1.82, 2.24) is 25.5 Å².